The lowest BCUT2D eigenvalue weighted by atomic mass is 10.1. The van der Waals surface area contributed by atoms with E-state index in [1.54, 1.807) is 12.1 Å². The third-order valence-corrected chi connectivity index (χ3v) is 3.41. The largest absolute Gasteiger partial charge is 0.491 e. The molecule has 0 radical (unpaired) electrons. The molecular weight excluding hydrogens is 247 g/mol. The number of hydrogen-bond acceptors (Lipinski definition) is 3. The lowest BCUT2D eigenvalue weighted by Crippen LogP contribution is -2.23. The lowest BCUT2D eigenvalue weighted by molar-refractivity contribution is -0.0327. The van der Waals surface area contributed by atoms with Gasteiger partial charge in [-0.1, -0.05) is 0 Å². The van der Waals surface area contributed by atoms with Gasteiger partial charge in [-0.25, -0.2) is 4.39 Å². The van der Waals surface area contributed by atoms with Crippen molar-refractivity contribution in [1.29, 1.82) is 0 Å². The summed E-state index contributed by atoms with van der Waals surface area (Å²) in [5.41, 5.74) is 0.195. The van der Waals surface area contributed by atoms with Gasteiger partial charge in [0.05, 0.1) is 17.8 Å². The summed E-state index contributed by atoms with van der Waals surface area (Å²) < 4.78 is 25.0. The highest BCUT2D eigenvalue weighted by Gasteiger charge is 2.31. The number of halogens is 1. The Bertz CT molecular complexity index is 443. The zero-order valence-corrected chi connectivity index (χ0v) is 11.6. The molecule has 19 heavy (non-hydrogen) atoms. The fourth-order valence-electron chi connectivity index (χ4n) is 2.32. The number of ether oxygens (including phenoxy) is 2. The van der Waals surface area contributed by atoms with E-state index in [0.29, 0.717) is 12.4 Å². The first kappa shape index (κ1) is 14.3. The molecule has 1 fully saturated rings. The van der Waals surface area contributed by atoms with E-state index in [4.69, 9.17) is 9.47 Å². The molecule has 2 rings (SSSR count). The van der Waals surface area contributed by atoms with Gasteiger partial charge in [0, 0.05) is 11.6 Å². The summed E-state index contributed by atoms with van der Waals surface area (Å²) in [6.07, 6.45) is 1.22. The van der Waals surface area contributed by atoms with Crippen molar-refractivity contribution in [2.24, 2.45) is 0 Å². The van der Waals surface area contributed by atoms with Crippen LogP contribution in [-0.4, -0.2) is 23.4 Å². The Labute approximate surface area is 113 Å². The molecule has 3 nitrogen and oxygen atoms in total. The lowest BCUT2D eigenvalue weighted by Gasteiger charge is -2.19. The standard InChI is InChI=1S/C15H21FO3/c1-10(17)13-5-4-11(8-14(13)16)18-9-12-6-7-15(2,3)19-12/h4-5,8,10,12,17H,6-7,9H2,1-3H3. The Morgan fingerprint density at radius 3 is 2.79 bits per heavy atom. The summed E-state index contributed by atoms with van der Waals surface area (Å²) in [5, 5.41) is 9.35. The van der Waals surface area contributed by atoms with Crippen molar-refractivity contribution < 1.29 is 19.0 Å². The van der Waals surface area contributed by atoms with Crippen LogP contribution in [0.15, 0.2) is 18.2 Å². The first-order valence-electron chi connectivity index (χ1n) is 6.65. The van der Waals surface area contributed by atoms with Crippen LogP contribution < -0.4 is 4.74 Å². The van der Waals surface area contributed by atoms with Gasteiger partial charge >= 0.3 is 0 Å². The molecule has 1 aliphatic heterocycles. The maximum Gasteiger partial charge on any atom is 0.132 e. The van der Waals surface area contributed by atoms with Gasteiger partial charge < -0.3 is 14.6 Å². The van der Waals surface area contributed by atoms with Crippen LogP contribution in [0.3, 0.4) is 0 Å². The minimum absolute atomic E-state index is 0.0644. The van der Waals surface area contributed by atoms with Gasteiger partial charge in [-0.15, -0.1) is 0 Å². The molecule has 1 aliphatic rings. The molecule has 1 heterocycles. The molecule has 0 aromatic heterocycles. The molecule has 106 valence electrons. The molecule has 2 unspecified atom stereocenters. The van der Waals surface area contributed by atoms with Gasteiger partial charge in [0.25, 0.3) is 0 Å². The molecule has 0 spiro atoms. The second kappa shape index (κ2) is 5.47. The topological polar surface area (TPSA) is 38.7 Å². The number of hydrogen-bond donors (Lipinski definition) is 1. The monoisotopic (exact) mass is 268 g/mol. The smallest absolute Gasteiger partial charge is 0.132 e. The Morgan fingerprint density at radius 1 is 1.53 bits per heavy atom. The predicted molar refractivity (Wildman–Crippen MR) is 70.7 cm³/mol. The Balaban J connectivity index is 1.92. The van der Waals surface area contributed by atoms with Crippen LogP contribution in [0.2, 0.25) is 0 Å². The van der Waals surface area contributed by atoms with Gasteiger partial charge in [0.15, 0.2) is 0 Å². The molecule has 0 aliphatic carbocycles. The molecule has 0 saturated carbocycles. The molecule has 1 aromatic carbocycles. The van der Waals surface area contributed by atoms with E-state index in [-0.39, 0.29) is 17.3 Å². The van der Waals surface area contributed by atoms with Crippen molar-refractivity contribution in [1.82, 2.24) is 0 Å². The number of aliphatic hydroxyl groups excluding tert-OH is 1. The van der Waals surface area contributed by atoms with Gasteiger partial charge in [-0.05, 0) is 45.7 Å². The first-order valence-corrected chi connectivity index (χ1v) is 6.65. The fraction of sp³-hybridized carbons (Fsp3) is 0.600. The van der Waals surface area contributed by atoms with Gasteiger partial charge in [-0.3, -0.25) is 0 Å². The minimum Gasteiger partial charge on any atom is -0.491 e. The summed E-state index contributed by atoms with van der Waals surface area (Å²) >= 11 is 0. The third-order valence-electron chi connectivity index (χ3n) is 3.41. The molecular formula is C15H21FO3. The summed E-state index contributed by atoms with van der Waals surface area (Å²) in [4.78, 5) is 0. The second-order valence-electron chi connectivity index (χ2n) is 5.71. The van der Waals surface area contributed by atoms with Crippen LogP contribution in [0.5, 0.6) is 5.75 Å². The predicted octanol–water partition coefficient (Wildman–Crippen LogP) is 3.22. The minimum atomic E-state index is -0.812. The van der Waals surface area contributed by atoms with Crippen LogP contribution in [-0.2, 0) is 4.74 Å². The molecule has 4 heteroatoms. The number of benzene rings is 1. The van der Waals surface area contributed by atoms with E-state index in [1.807, 2.05) is 0 Å². The SMILES string of the molecule is CC(O)c1ccc(OCC2CCC(C)(C)O2)cc1F. The molecule has 1 aromatic rings. The molecule has 0 amide bonds. The van der Waals surface area contributed by atoms with Crippen LogP contribution in [0.25, 0.3) is 0 Å². The highest BCUT2D eigenvalue weighted by atomic mass is 19.1. The third kappa shape index (κ3) is 3.67. The van der Waals surface area contributed by atoms with Gasteiger partial charge in [0.1, 0.15) is 18.2 Å². The van der Waals surface area contributed by atoms with Crippen molar-refractivity contribution in [2.45, 2.75) is 51.4 Å². The summed E-state index contributed by atoms with van der Waals surface area (Å²) in [5.74, 6) is 0.0235. The van der Waals surface area contributed by atoms with E-state index in [2.05, 4.69) is 13.8 Å². The Hall–Kier alpha value is -1.13. The van der Waals surface area contributed by atoms with Crippen molar-refractivity contribution in [3.63, 3.8) is 0 Å². The summed E-state index contributed by atoms with van der Waals surface area (Å²) in [6.45, 7) is 6.08. The molecule has 2 atom stereocenters. The highest BCUT2D eigenvalue weighted by Crippen LogP contribution is 2.30. The number of rotatable bonds is 4. The van der Waals surface area contributed by atoms with Crippen molar-refractivity contribution in [2.75, 3.05) is 6.61 Å². The molecule has 1 saturated heterocycles. The second-order valence-corrected chi connectivity index (χ2v) is 5.71. The van der Waals surface area contributed by atoms with Crippen molar-refractivity contribution in [3.05, 3.63) is 29.6 Å². The fourth-order valence-corrected chi connectivity index (χ4v) is 2.32. The van der Waals surface area contributed by atoms with Crippen LogP contribution in [0.1, 0.15) is 45.3 Å². The van der Waals surface area contributed by atoms with Crippen LogP contribution >= 0.6 is 0 Å². The number of aliphatic hydroxyl groups is 1. The average Bonchev–Trinajstić information content (AvgIpc) is 2.66. The average molecular weight is 268 g/mol. The molecule has 1 N–H and O–H groups in total. The first-order chi connectivity index (χ1) is 8.87. The van der Waals surface area contributed by atoms with E-state index >= 15 is 0 Å². The Morgan fingerprint density at radius 2 is 2.26 bits per heavy atom. The quantitative estimate of drug-likeness (QED) is 0.911. The highest BCUT2D eigenvalue weighted by molar-refractivity contribution is 5.30. The van der Waals surface area contributed by atoms with Gasteiger partial charge in [-0.2, -0.15) is 0 Å². The van der Waals surface area contributed by atoms with Crippen LogP contribution in [0, 0.1) is 5.82 Å². The van der Waals surface area contributed by atoms with E-state index in [9.17, 15) is 9.50 Å². The normalized spacial score (nSPS) is 23.3. The summed E-state index contributed by atoms with van der Waals surface area (Å²) in [7, 11) is 0. The van der Waals surface area contributed by atoms with E-state index in [1.165, 1.54) is 13.0 Å². The van der Waals surface area contributed by atoms with E-state index < -0.39 is 11.9 Å². The van der Waals surface area contributed by atoms with E-state index in [0.717, 1.165) is 12.8 Å². The molecule has 0 bridgehead atoms. The van der Waals surface area contributed by atoms with Crippen molar-refractivity contribution in [3.8, 4) is 5.75 Å². The van der Waals surface area contributed by atoms with Gasteiger partial charge in [0.2, 0.25) is 0 Å². The Kier molecular flexibility index (Phi) is 4.11. The van der Waals surface area contributed by atoms with Crippen molar-refractivity contribution >= 4 is 0 Å². The zero-order chi connectivity index (χ0) is 14.0. The zero-order valence-electron chi connectivity index (χ0n) is 11.6. The maximum absolute atomic E-state index is 13.7. The maximum atomic E-state index is 13.7. The van der Waals surface area contributed by atoms with Crippen LogP contribution in [0.4, 0.5) is 4.39 Å². The summed E-state index contributed by atoms with van der Waals surface area (Å²) in [6, 6.07) is 4.53.